The smallest absolute Gasteiger partial charge is 0.339 e. The van der Waals surface area contributed by atoms with Crippen molar-refractivity contribution in [3.05, 3.63) is 70.5 Å². The first-order valence-corrected chi connectivity index (χ1v) is 10.8. The van der Waals surface area contributed by atoms with Crippen LogP contribution in [0.25, 0.3) is 0 Å². The number of halogens is 1. The number of aromatic carboxylic acids is 1. The van der Waals surface area contributed by atoms with Crippen molar-refractivity contribution >= 4 is 23.5 Å². The Bertz CT molecular complexity index is 1160. The third-order valence-electron chi connectivity index (χ3n) is 5.60. The van der Waals surface area contributed by atoms with E-state index in [-0.39, 0.29) is 23.9 Å². The Morgan fingerprint density at radius 1 is 1.18 bits per heavy atom. The third-order valence-corrected chi connectivity index (χ3v) is 5.91. The number of para-hydroxylation sites is 1. The Morgan fingerprint density at radius 3 is 2.73 bits per heavy atom. The van der Waals surface area contributed by atoms with E-state index >= 15 is 0 Å². The molecule has 8 nitrogen and oxygen atoms in total. The van der Waals surface area contributed by atoms with Crippen LogP contribution in [0.4, 0.5) is 5.95 Å². The average Bonchev–Trinajstić information content (AvgIpc) is 3.32. The Labute approximate surface area is 196 Å². The lowest BCUT2D eigenvalue weighted by Gasteiger charge is -2.27. The summed E-state index contributed by atoms with van der Waals surface area (Å²) in [6, 6.07) is 12.7. The molecule has 1 atom stereocenters. The highest BCUT2D eigenvalue weighted by Gasteiger charge is 2.31. The fraction of sp³-hybridized carbons (Fsp3) is 0.292. The number of carboxylic acid groups (broad SMARTS) is 1. The van der Waals surface area contributed by atoms with Crippen LogP contribution in [0.2, 0.25) is 5.02 Å². The van der Waals surface area contributed by atoms with Gasteiger partial charge in [-0.2, -0.15) is 0 Å². The highest BCUT2D eigenvalue weighted by atomic mass is 35.5. The number of anilines is 1. The molecule has 1 N–H and O–H groups in total. The van der Waals surface area contributed by atoms with E-state index in [1.165, 1.54) is 6.20 Å². The molecule has 0 saturated carbocycles. The number of ether oxygens (including phenoxy) is 3. The van der Waals surface area contributed by atoms with Crippen molar-refractivity contribution in [2.24, 2.45) is 0 Å². The zero-order valence-electron chi connectivity index (χ0n) is 18.3. The molecule has 9 heteroatoms. The summed E-state index contributed by atoms with van der Waals surface area (Å²) in [7, 11) is 3.24. The van der Waals surface area contributed by atoms with E-state index in [4.69, 9.17) is 25.8 Å². The van der Waals surface area contributed by atoms with E-state index in [1.54, 1.807) is 38.5 Å². The quantitative estimate of drug-likeness (QED) is 0.504. The number of nitrogens with zero attached hydrogens (tertiary/aromatic N) is 3. The van der Waals surface area contributed by atoms with Crippen LogP contribution in [-0.4, -0.2) is 41.8 Å². The van der Waals surface area contributed by atoms with Crippen molar-refractivity contribution in [3.8, 4) is 17.2 Å². The molecular weight excluding hydrogens is 446 g/mol. The van der Waals surface area contributed by atoms with Crippen molar-refractivity contribution in [3.63, 3.8) is 0 Å². The van der Waals surface area contributed by atoms with Gasteiger partial charge in [0.05, 0.1) is 31.0 Å². The summed E-state index contributed by atoms with van der Waals surface area (Å²) < 4.78 is 16.7. The number of hydrogen-bond acceptors (Lipinski definition) is 7. The SMILES string of the molecule is COc1ccc(C2CCCN2c2ncc(C(=O)O)c(COc3ccccc3Cl)n2)c(OC)c1. The average molecular weight is 470 g/mol. The Morgan fingerprint density at radius 2 is 2.00 bits per heavy atom. The largest absolute Gasteiger partial charge is 0.497 e. The van der Waals surface area contributed by atoms with Gasteiger partial charge < -0.3 is 24.2 Å². The van der Waals surface area contributed by atoms with Crippen LogP contribution < -0.4 is 19.1 Å². The van der Waals surface area contributed by atoms with Gasteiger partial charge in [0.2, 0.25) is 5.95 Å². The number of aromatic nitrogens is 2. The summed E-state index contributed by atoms with van der Waals surface area (Å²) in [4.78, 5) is 22.8. The molecule has 172 valence electrons. The molecule has 1 saturated heterocycles. The van der Waals surface area contributed by atoms with E-state index in [9.17, 15) is 9.90 Å². The standard InChI is InChI=1S/C24H24ClN3O5/c1-31-15-9-10-16(22(12-15)32-2)20-7-5-11-28(20)24-26-13-17(23(29)30)19(27-24)14-33-21-8-4-3-6-18(21)25/h3-4,6,8-10,12-13,20H,5,7,11,14H2,1-2H3,(H,29,30). The van der Waals surface area contributed by atoms with Crippen molar-refractivity contribution in [2.75, 3.05) is 25.7 Å². The van der Waals surface area contributed by atoms with Gasteiger partial charge >= 0.3 is 5.97 Å². The molecule has 3 aromatic rings. The van der Waals surface area contributed by atoms with Crippen LogP contribution in [0.5, 0.6) is 17.2 Å². The van der Waals surface area contributed by atoms with Gasteiger partial charge in [-0.3, -0.25) is 0 Å². The van der Waals surface area contributed by atoms with Crippen LogP contribution in [0.3, 0.4) is 0 Å². The topological polar surface area (TPSA) is 94.0 Å². The first-order chi connectivity index (χ1) is 16.0. The molecule has 0 amide bonds. The molecule has 2 aromatic carbocycles. The maximum absolute atomic E-state index is 11.8. The minimum absolute atomic E-state index is 0.0106. The van der Waals surface area contributed by atoms with Gasteiger partial charge in [-0.15, -0.1) is 0 Å². The lowest BCUT2D eigenvalue weighted by Crippen LogP contribution is -2.26. The fourth-order valence-electron chi connectivity index (χ4n) is 3.96. The van der Waals surface area contributed by atoms with Gasteiger partial charge in [0, 0.05) is 24.4 Å². The van der Waals surface area contributed by atoms with E-state index in [0.29, 0.717) is 22.5 Å². The molecule has 4 rings (SSSR count). The molecule has 2 heterocycles. The summed E-state index contributed by atoms with van der Waals surface area (Å²) in [5.41, 5.74) is 1.26. The monoisotopic (exact) mass is 469 g/mol. The van der Waals surface area contributed by atoms with Crippen molar-refractivity contribution < 1.29 is 24.1 Å². The first kappa shape index (κ1) is 22.7. The second kappa shape index (κ2) is 9.95. The summed E-state index contributed by atoms with van der Waals surface area (Å²) in [6.07, 6.45) is 3.16. The summed E-state index contributed by atoms with van der Waals surface area (Å²) >= 11 is 6.16. The van der Waals surface area contributed by atoms with Gasteiger partial charge in [-0.25, -0.2) is 14.8 Å². The van der Waals surface area contributed by atoms with Crippen LogP contribution in [0, 0.1) is 0 Å². The van der Waals surface area contributed by atoms with Crippen LogP contribution >= 0.6 is 11.6 Å². The number of benzene rings is 2. The van der Waals surface area contributed by atoms with Crippen LogP contribution in [0.15, 0.2) is 48.7 Å². The van der Waals surface area contributed by atoms with Crippen LogP contribution in [-0.2, 0) is 6.61 Å². The van der Waals surface area contributed by atoms with Crippen LogP contribution in [0.1, 0.15) is 40.5 Å². The van der Waals surface area contributed by atoms with Gasteiger partial charge in [-0.1, -0.05) is 23.7 Å². The predicted molar refractivity (Wildman–Crippen MR) is 124 cm³/mol. The molecule has 0 radical (unpaired) electrons. The van der Waals surface area contributed by atoms with E-state index < -0.39 is 5.97 Å². The molecule has 1 unspecified atom stereocenters. The van der Waals surface area contributed by atoms with Gasteiger partial charge in [0.25, 0.3) is 0 Å². The second-order valence-corrected chi connectivity index (χ2v) is 7.92. The Hall–Kier alpha value is -3.52. The third kappa shape index (κ3) is 4.80. The molecule has 0 spiro atoms. The second-order valence-electron chi connectivity index (χ2n) is 7.51. The Kier molecular flexibility index (Phi) is 6.84. The normalized spacial score (nSPS) is 15.4. The lowest BCUT2D eigenvalue weighted by atomic mass is 10.0. The maximum atomic E-state index is 11.8. The van der Waals surface area contributed by atoms with Crippen molar-refractivity contribution in [1.82, 2.24) is 9.97 Å². The predicted octanol–water partition coefficient (Wildman–Crippen LogP) is 4.77. The molecule has 0 aliphatic carbocycles. The highest BCUT2D eigenvalue weighted by Crippen LogP contribution is 2.40. The number of carbonyl (C=O) groups is 1. The summed E-state index contributed by atoms with van der Waals surface area (Å²) in [5.74, 6) is 1.21. The molecule has 1 aliphatic heterocycles. The number of carboxylic acids is 1. The van der Waals surface area contributed by atoms with Crippen molar-refractivity contribution in [2.45, 2.75) is 25.5 Å². The van der Waals surface area contributed by atoms with E-state index in [0.717, 1.165) is 30.7 Å². The molecule has 1 aliphatic rings. The van der Waals surface area contributed by atoms with Gasteiger partial charge in [0.1, 0.15) is 29.4 Å². The maximum Gasteiger partial charge on any atom is 0.339 e. The number of methoxy groups -OCH3 is 2. The molecule has 1 fully saturated rings. The fourth-order valence-corrected chi connectivity index (χ4v) is 4.16. The van der Waals surface area contributed by atoms with E-state index in [2.05, 4.69) is 14.9 Å². The summed E-state index contributed by atoms with van der Waals surface area (Å²) in [5, 5.41) is 10.1. The zero-order valence-corrected chi connectivity index (χ0v) is 19.1. The lowest BCUT2D eigenvalue weighted by molar-refractivity contribution is 0.0692. The molecule has 0 bridgehead atoms. The number of hydrogen-bond donors (Lipinski definition) is 1. The van der Waals surface area contributed by atoms with Gasteiger partial charge in [0.15, 0.2) is 0 Å². The molecule has 33 heavy (non-hydrogen) atoms. The van der Waals surface area contributed by atoms with Gasteiger partial charge in [-0.05, 0) is 37.1 Å². The van der Waals surface area contributed by atoms with E-state index in [1.807, 2.05) is 18.2 Å². The first-order valence-electron chi connectivity index (χ1n) is 10.5. The minimum atomic E-state index is -1.12. The minimum Gasteiger partial charge on any atom is -0.497 e. The number of rotatable bonds is 8. The Balaban J connectivity index is 1.65. The highest BCUT2D eigenvalue weighted by molar-refractivity contribution is 6.32. The molecule has 1 aromatic heterocycles. The zero-order chi connectivity index (χ0) is 23.4. The van der Waals surface area contributed by atoms with Crippen molar-refractivity contribution in [1.29, 1.82) is 0 Å². The molecular formula is C24H24ClN3O5. The summed E-state index contributed by atoms with van der Waals surface area (Å²) in [6.45, 7) is 0.683.